The summed E-state index contributed by atoms with van der Waals surface area (Å²) in [5.41, 5.74) is 0.699. The van der Waals surface area contributed by atoms with Crippen LogP contribution < -0.4 is 9.47 Å². The third kappa shape index (κ3) is 1.94. The lowest BCUT2D eigenvalue weighted by atomic mass is 10.1. The third-order valence-corrected chi connectivity index (χ3v) is 2.92. The zero-order chi connectivity index (χ0) is 11.6. The number of rotatable bonds is 3. The van der Waals surface area contributed by atoms with Crippen LogP contribution in [-0.4, -0.2) is 19.3 Å². The van der Waals surface area contributed by atoms with Crippen LogP contribution in [-0.2, 0) is 6.42 Å². The summed E-state index contributed by atoms with van der Waals surface area (Å²) in [6.07, 6.45) is 0.630. The number of ether oxygens (including phenoxy) is 2. The van der Waals surface area contributed by atoms with Crippen LogP contribution >= 0.6 is 23.2 Å². The number of phenolic OH excluding ortho intramolecular Hbond substituents is 1. The van der Waals surface area contributed by atoms with Gasteiger partial charge in [0.25, 0.3) is 0 Å². The van der Waals surface area contributed by atoms with E-state index in [1.54, 1.807) is 0 Å². The summed E-state index contributed by atoms with van der Waals surface area (Å²) in [6, 6.07) is 0. The number of aromatic hydroxyl groups is 1. The Morgan fingerprint density at radius 2 is 1.47 bits per heavy atom. The van der Waals surface area contributed by atoms with E-state index >= 15 is 0 Å². The van der Waals surface area contributed by atoms with E-state index in [0.717, 1.165) is 0 Å². The summed E-state index contributed by atoms with van der Waals surface area (Å²) in [7, 11) is 2.85. The maximum atomic E-state index is 9.75. The van der Waals surface area contributed by atoms with E-state index in [2.05, 4.69) is 0 Å². The van der Waals surface area contributed by atoms with Crippen molar-refractivity contribution in [1.82, 2.24) is 0 Å². The van der Waals surface area contributed by atoms with Gasteiger partial charge in [0.2, 0.25) is 5.75 Å². The van der Waals surface area contributed by atoms with Crippen LogP contribution in [0.4, 0.5) is 0 Å². The highest BCUT2D eigenvalue weighted by molar-refractivity contribution is 6.38. The molecule has 0 bridgehead atoms. The molecule has 5 heteroatoms. The maximum absolute atomic E-state index is 9.75. The molecule has 0 saturated carbocycles. The largest absolute Gasteiger partial charge is 0.502 e. The van der Waals surface area contributed by atoms with E-state index in [1.807, 2.05) is 6.92 Å². The highest BCUT2D eigenvalue weighted by Crippen LogP contribution is 2.49. The third-order valence-electron chi connectivity index (χ3n) is 2.12. The van der Waals surface area contributed by atoms with Crippen molar-refractivity contribution in [2.24, 2.45) is 0 Å². The predicted octanol–water partition coefficient (Wildman–Crippen LogP) is 3.28. The van der Waals surface area contributed by atoms with Gasteiger partial charge in [-0.05, 0) is 12.0 Å². The molecule has 1 aromatic rings. The van der Waals surface area contributed by atoms with Crippen molar-refractivity contribution in [2.45, 2.75) is 13.3 Å². The minimum Gasteiger partial charge on any atom is -0.502 e. The van der Waals surface area contributed by atoms with Gasteiger partial charge in [-0.15, -0.1) is 0 Å². The highest BCUT2D eigenvalue weighted by atomic mass is 35.5. The molecule has 0 unspecified atom stereocenters. The maximum Gasteiger partial charge on any atom is 0.203 e. The molecule has 0 aromatic heterocycles. The molecule has 0 saturated heterocycles. The lowest BCUT2D eigenvalue weighted by Gasteiger charge is -2.15. The first-order valence-corrected chi connectivity index (χ1v) is 5.14. The van der Waals surface area contributed by atoms with Crippen molar-refractivity contribution in [3.8, 4) is 17.2 Å². The molecule has 0 spiro atoms. The summed E-state index contributed by atoms with van der Waals surface area (Å²) in [6.45, 7) is 1.91. The topological polar surface area (TPSA) is 38.7 Å². The highest BCUT2D eigenvalue weighted by Gasteiger charge is 2.22. The monoisotopic (exact) mass is 250 g/mol. The van der Waals surface area contributed by atoms with E-state index in [-0.39, 0.29) is 17.2 Å². The van der Waals surface area contributed by atoms with Crippen molar-refractivity contribution < 1.29 is 14.6 Å². The van der Waals surface area contributed by atoms with E-state index < -0.39 is 0 Å². The van der Waals surface area contributed by atoms with E-state index in [0.29, 0.717) is 22.0 Å². The Morgan fingerprint density at radius 3 is 1.73 bits per heavy atom. The van der Waals surface area contributed by atoms with Gasteiger partial charge >= 0.3 is 0 Å². The molecule has 1 rings (SSSR count). The molecule has 84 valence electrons. The van der Waals surface area contributed by atoms with Crippen molar-refractivity contribution in [1.29, 1.82) is 0 Å². The van der Waals surface area contributed by atoms with Crippen LogP contribution in [0.1, 0.15) is 12.5 Å². The fourth-order valence-electron chi connectivity index (χ4n) is 1.36. The molecule has 0 atom stereocenters. The summed E-state index contributed by atoms with van der Waals surface area (Å²) in [5, 5.41) is 10.4. The number of benzene rings is 1. The predicted molar refractivity (Wildman–Crippen MR) is 60.6 cm³/mol. The molecule has 1 N–H and O–H groups in total. The van der Waals surface area contributed by atoms with Gasteiger partial charge in [0.05, 0.1) is 24.3 Å². The Hall–Kier alpha value is -0.800. The van der Waals surface area contributed by atoms with Gasteiger partial charge in [0.15, 0.2) is 11.5 Å². The van der Waals surface area contributed by atoms with E-state index in [1.165, 1.54) is 14.2 Å². The van der Waals surface area contributed by atoms with Crippen molar-refractivity contribution in [3.63, 3.8) is 0 Å². The Morgan fingerprint density at radius 1 is 1.07 bits per heavy atom. The zero-order valence-electron chi connectivity index (χ0n) is 8.73. The number of hydrogen-bond acceptors (Lipinski definition) is 3. The zero-order valence-corrected chi connectivity index (χ0v) is 10.2. The minimum absolute atomic E-state index is 0.174. The first-order valence-electron chi connectivity index (χ1n) is 4.39. The lowest BCUT2D eigenvalue weighted by molar-refractivity contribution is 0.339. The van der Waals surface area contributed by atoms with Crippen molar-refractivity contribution in [2.75, 3.05) is 14.2 Å². The van der Waals surface area contributed by atoms with Gasteiger partial charge in [-0.1, -0.05) is 30.1 Å². The van der Waals surface area contributed by atoms with Crippen LogP contribution in [0.3, 0.4) is 0 Å². The Labute approximate surface area is 98.5 Å². The second-order valence-electron chi connectivity index (χ2n) is 2.88. The average Bonchev–Trinajstić information content (AvgIpc) is 2.19. The van der Waals surface area contributed by atoms with Gasteiger partial charge < -0.3 is 14.6 Å². The van der Waals surface area contributed by atoms with E-state index in [9.17, 15) is 5.11 Å². The Balaban J connectivity index is 3.57. The quantitative estimate of drug-likeness (QED) is 0.895. The second-order valence-corrected chi connectivity index (χ2v) is 3.63. The number of halogens is 2. The van der Waals surface area contributed by atoms with Crippen LogP contribution in [0.15, 0.2) is 0 Å². The smallest absolute Gasteiger partial charge is 0.203 e. The second kappa shape index (κ2) is 4.81. The number of methoxy groups -OCH3 is 2. The van der Waals surface area contributed by atoms with Crippen LogP contribution in [0.25, 0.3) is 0 Å². The molecule has 0 aliphatic heterocycles. The fraction of sp³-hybridized carbons (Fsp3) is 0.400. The number of hydrogen-bond donors (Lipinski definition) is 1. The molecule has 1 aromatic carbocycles. The molecule has 15 heavy (non-hydrogen) atoms. The first-order chi connectivity index (χ1) is 7.08. The molecule has 0 radical (unpaired) electrons. The van der Waals surface area contributed by atoms with Crippen molar-refractivity contribution in [3.05, 3.63) is 15.6 Å². The lowest BCUT2D eigenvalue weighted by Crippen LogP contribution is -1.96. The van der Waals surface area contributed by atoms with Gasteiger partial charge in [0.1, 0.15) is 0 Å². The SMILES string of the molecule is CCc1c(Cl)c(OC)c(O)c(OC)c1Cl. The average molecular weight is 251 g/mol. The Bertz CT molecular complexity index is 299. The number of phenols is 1. The van der Waals surface area contributed by atoms with Crippen molar-refractivity contribution >= 4 is 23.2 Å². The standard InChI is InChI=1S/C10H12Cl2O3/c1-4-5-6(11)9(14-2)8(13)10(15-3)7(5)12/h13H,4H2,1-3H3. The van der Waals surface area contributed by atoms with Crippen LogP contribution in [0.2, 0.25) is 10.0 Å². The molecule has 0 aliphatic carbocycles. The summed E-state index contributed by atoms with van der Waals surface area (Å²) in [4.78, 5) is 0. The van der Waals surface area contributed by atoms with Gasteiger partial charge in [-0.25, -0.2) is 0 Å². The summed E-state index contributed by atoms with van der Waals surface area (Å²) in [5.74, 6) is 0.205. The summed E-state index contributed by atoms with van der Waals surface area (Å²) >= 11 is 12.0. The summed E-state index contributed by atoms with van der Waals surface area (Å²) < 4.78 is 9.99. The van der Waals surface area contributed by atoms with E-state index in [4.69, 9.17) is 32.7 Å². The normalized spacial score (nSPS) is 10.2. The molecule has 3 nitrogen and oxygen atoms in total. The van der Waals surface area contributed by atoms with Gasteiger partial charge in [0, 0.05) is 0 Å². The minimum atomic E-state index is -0.174. The molecule has 0 aliphatic rings. The Kier molecular flexibility index (Phi) is 3.94. The van der Waals surface area contributed by atoms with Gasteiger partial charge in [-0.3, -0.25) is 0 Å². The van der Waals surface area contributed by atoms with Gasteiger partial charge in [-0.2, -0.15) is 0 Å². The molecule has 0 amide bonds. The first kappa shape index (κ1) is 12.3. The molecular weight excluding hydrogens is 239 g/mol. The van der Waals surface area contributed by atoms with Crippen LogP contribution in [0, 0.1) is 0 Å². The molecular formula is C10H12Cl2O3. The molecule has 0 heterocycles. The molecule has 0 fully saturated rings. The van der Waals surface area contributed by atoms with Crippen LogP contribution in [0.5, 0.6) is 17.2 Å². The fourth-order valence-corrected chi connectivity index (χ4v) is 2.20.